The highest BCUT2D eigenvalue weighted by molar-refractivity contribution is 7.10. The predicted octanol–water partition coefficient (Wildman–Crippen LogP) is 4.42. The summed E-state index contributed by atoms with van der Waals surface area (Å²) in [6, 6.07) is 10.1. The molecule has 124 valence electrons. The number of aryl methyl sites for hydroxylation is 1. The molecule has 1 aromatic heterocycles. The van der Waals surface area contributed by atoms with Crippen LogP contribution in [0, 0.1) is 6.92 Å². The molecule has 1 amide bonds. The van der Waals surface area contributed by atoms with Crippen LogP contribution < -0.4 is 5.32 Å². The number of benzene rings is 1. The molecule has 0 aliphatic heterocycles. The van der Waals surface area contributed by atoms with Crippen LogP contribution in [-0.4, -0.2) is 24.4 Å². The molecular weight excluding hydrogens is 304 g/mol. The van der Waals surface area contributed by atoms with E-state index in [1.807, 2.05) is 30.1 Å². The molecule has 1 heterocycles. The zero-order chi connectivity index (χ0) is 17.0. The van der Waals surface area contributed by atoms with Gasteiger partial charge in [-0.2, -0.15) is 0 Å². The summed E-state index contributed by atoms with van der Waals surface area (Å²) >= 11 is 1.74. The van der Waals surface area contributed by atoms with Gasteiger partial charge >= 0.3 is 0 Å². The Morgan fingerprint density at radius 2 is 1.91 bits per heavy atom. The monoisotopic (exact) mass is 330 g/mol. The van der Waals surface area contributed by atoms with Crippen molar-refractivity contribution in [3.63, 3.8) is 0 Å². The first kappa shape index (κ1) is 17.7. The number of rotatable bonds is 5. The van der Waals surface area contributed by atoms with Gasteiger partial charge in [0.05, 0.1) is 6.54 Å². The van der Waals surface area contributed by atoms with E-state index in [1.165, 1.54) is 10.4 Å². The molecule has 0 saturated carbocycles. The maximum Gasteiger partial charge on any atom is 0.238 e. The second-order valence-corrected chi connectivity index (χ2v) is 8.04. The molecule has 0 aliphatic carbocycles. The first-order valence-corrected chi connectivity index (χ1v) is 8.76. The maximum absolute atomic E-state index is 12.4. The molecule has 1 N–H and O–H groups in total. The van der Waals surface area contributed by atoms with E-state index < -0.39 is 0 Å². The van der Waals surface area contributed by atoms with Crippen molar-refractivity contribution in [1.82, 2.24) is 4.90 Å². The van der Waals surface area contributed by atoms with Gasteiger partial charge in [-0.3, -0.25) is 9.69 Å². The average Bonchev–Trinajstić information content (AvgIpc) is 2.83. The minimum Gasteiger partial charge on any atom is -0.325 e. The summed E-state index contributed by atoms with van der Waals surface area (Å²) in [6.07, 6.45) is 0. The molecule has 4 heteroatoms. The molecule has 0 fully saturated rings. The number of carbonyl (C=O) groups is 1. The van der Waals surface area contributed by atoms with E-state index in [0.29, 0.717) is 6.54 Å². The number of carbonyl (C=O) groups excluding carboxylic acids is 1. The Kier molecular flexibility index (Phi) is 5.60. The minimum atomic E-state index is 0.00383. The molecule has 0 aliphatic rings. The van der Waals surface area contributed by atoms with E-state index in [0.717, 1.165) is 17.8 Å². The number of anilines is 1. The summed E-state index contributed by atoms with van der Waals surface area (Å²) < 4.78 is 0. The Balaban J connectivity index is 1.99. The lowest BCUT2D eigenvalue weighted by Crippen LogP contribution is -2.30. The molecule has 0 spiro atoms. The lowest BCUT2D eigenvalue weighted by molar-refractivity contribution is -0.117. The van der Waals surface area contributed by atoms with Crippen molar-refractivity contribution in [2.75, 3.05) is 18.9 Å². The summed E-state index contributed by atoms with van der Waals surface area (Å²) in [6.45, 7) is 9.77. The molecule has 23 heavy (non-hydrogen) atoms. The van der Waals surface area contributed by atoms with Crippen molar-refractivity contribution in [3.05, 3.63) is 51.7 Å². The minimum absolute atomic E-state index is 0.00383. The number of nitrogens with one attached hydrogen (secondary N) is 1. The lowest BCUT2D eigenvalue weighted by Gasteiger charge is -2.23. The van der Waals surface area contributed by atoms with E-state index in [9.17, 15) is 4.79 Å². The van der Waals surface area contributed by atoms with Crippen molar-refractivity contribution in [2.45, 2.75) is 39.7 Å². The van der Waals surface area contributed by atoms with Crippen LogP contribution in [0.25, 0.3) is 0 Å². The predicted molar refractivity (Wildman–Crippen MR) is 99.2 cm³/mol. The van der Waals surface area contributed by atoms with E-state index in [4.69, 9.17) is 0 Å². The number of hydrogen-bond acceptors (Lipinski definition) is 3. The SMILES string of the molecule is Cc1ccsc1CN(C)CC(=O)Nc1ccccc1C(C)(C)C. The van der Waals surface area contributed by atoms with Crippen LogP contribution in [0.15, 0.2) is 35.7 Å². The molecule has 0 atom stereocenters. The van der Waals surface area contributed by atoms with Gasteiger partial charge in [0.2, 0.25) is 5.91 Å². The Bertz CT molecular complexity index is 670. The smallest absolute Gasteiger partial charge is 0.238 e. The van der Waals surface area contributed by atoms with Gasteiger partial charge in [0.1, 0.15) is 0 Å². The second kappa shape index (κ2) is 7.28. The van der Waals surface area contributed by atoms with Crippen LogP contribution in [0.5, 0.6) is 0 Å². The highest BCUT2D eigenvalue weighted by Gasteiger charge is 2.19. The van der Waals surface area contributed by atoms with Crippen LogP contribution >= 0.6 is 11.3 Å². The van der Waals surface area contributed by atoms with Gasteiger partial charge in [0.25, 0.3) is 0 Å². The Morgan fingerprint density at radius 3 is 2.52 bits per heavy atom. The molecule has 0 saturated heterocycles. The maximum atomic E-state index is 12.4. The van der Waals surface area contributed by atoms with Gasteiger partial charge in [-0.05, 0) is 48.0 Å². The highest BCUT2D eigenvalue weighted by atomic mass is 32.1. The van der Waals surface area contributed by atoms with Crippen molar-refractivity contribution in [1.29, 1.82) is 0 Å². The van der Waals surface area contributed by atoms with Gasteiger partial charge in [-0.25, -0.2) is 0 Å². The average molecular weight is 330 g/mol. The zero-order valence-corrected chi connectivity index (χ0v) is 15.5. The van der Waals surface area contributed by atoms with E-state index in [2.05, 4.69) is 50.5 Å². The van der Waals surface area contributed by atoms with E-state index in [-0.39, 0.29) is 11.3 Å². The fraction of sp³-hybridized carbons (Fsp3) is 0.421. The Labute approximate surface area is 143 Å². The topological polar surface area (TPSA) is 32.3 Å². The van der Waals surface area contributed by atoms with Crippen molar-refractivity contribution in [2.24, 2.45) is 0 Å². The van der Waals surface area contributed by atoms with Crippen molar-refractivity contribution < 1.29 is 4.79 Å². The molecule has 2 aromatic rings. The van der Waals surface area contributed by atoms with Crippen LogP contribution in [0.3, 0.4) is 0 Å². The van der Waals surface area contributed by atoms with Gasteiger partial charge < -0.3 is 5.32 Å². The van der Waals surface area contributed by atoms with E-state index in [1.54, 1.807) is 11.3 Å². The van der Waals surface area contributed by atoms with Crippen molar-refractivity contribution in [3.8, 4) is 0 Å². The number of para-hydroxylation sites is 1. The summed E-state index contributed by atoms with van der Waals surface area (Å²) in [4.78, 5) is 15.7. The Hall–Kier alpha value is -1.65. The summed E-state index contributed by atoms with van der Waals surface area (Å²) in [5, 5.41) is 5.16. The standard InChI is InChI=1S/C19H26N2OS/c1-14-10-11-23-17(14)12-21(5)13-18(22)20-16-9-7-6-8-15(16)19(2,3)4/h6-11H,12-13H2,1-5H3,(H,20,22). The largest absolute Gasteiger partial charge is 0.325 e. The molecular formula is C19H26N2OS. The van der Waals surface area contributed by atoms with Crippen molar-refractivity contribution >= 4 is 22.9 Å². The van der Waals surface area contributed by atoms with Crippen LogP contribution in [0.2, 0.25) is 0 Å². The summed E-state index contributed by atoms with van der Waals surface area (Å²) in [5.74, 6) is 0.0263. The summed E-state index contributed by atoms with van der Waals surface area (Å²) in [5.41, 5.74) is 3.36. The van der Waals surface area contributed by atoms with Gasteiger partial charge in [0.15, 0.2) is 0 Å². The summed E-state index contributed by atoms with van der Waals surface area (Å²) in [7, 11) is 1.98. The molecule has 2 rings (SSSR count). The fourth-order valence-corrected chi connectivity index (χ4v) is 3.53. The number of hydrogen-bond donors (Lipinski definition) is 1. The first-order valence-electron chi connectivity index (χ1n) is 7.88. The number of likely N-dealkylation sites (N-methyl/N-ethyl adjacent to an activating group) is 1. The number of amides is 1. The zero-order valence-electron chi connectivity index (χ0n) is 14.6. The quantitative estimate of drug-likeness (QED) is 0.880. The lowest BCUT2D eigenvalue weighted by atomic mass is 9.86. The second-order valence-electron chi connectivity index (χ2n) is 7.04. The first-order chi connectivity index (χ1) is 10.8. The van der Waals surface area contributed by atoms with Crippen LogP contribution in [0.4, 0.5) is 5.69 Å². The van der Waals surface area contributed by atoms with Gasteiger partial charge in [0, 0.05) is 17.1 Å². The highest BCUT2D eigenvalue weighted by Crippen LogP contribution is 2.29. The molecule has 0 unspecified atom stereocenters. The van der Waals surface area contributed by atoms with E-state index >= 15 is 0 Å². The van der Waals surface area contributed by atoms with Gasteiger partial charge in [-0.1, -0.05) is 39.0 Å². The third kappa shape index (κ3) is 4.91. The molecule has 3 nitrogen and oxygen atoms in total. The normalized spacial score (nSPS) is 11.7. The van der Waals surface area contributed by atoms with Crippen LogP contribution in [-0.2, 0) is 16.8 Å². The molecule has 0 radical (unpaired) electrons. The number of nitrogens with zero attached hydrogens (tertiary/aromatic N) is 1. The third-order valence-corrected chi connectivity index (χ3v) is 4.81. The molecule has 1 aromatic carbocycles. The number of thiophene rings is 1. The Morgan fingerprint density at radius 1 is 1.22 bits per heavy atom. The van der Waals surface area contributed by atoms with Crippen LogP contribution in [0.1, 0.15) is 36.8 Å². The fourth-order valence-electron chi connectivity index (χ4n) is 2.55. The molecule has 0 bridgehead atoms. The third-order valence-electron chi connectivity index (χ3n) is 3.80. The van der Waals surface area contributed by atoms with Gasteiger partial charge in [-0.15, -0.1) is 11.3 Å².